The molecule has 2 aliphatic rings. The summed E-state index contributed by atoms with van der Waals surface area (Å²) in [5, 5.41) is 8.40. The second kappa shape index (κ2) is 14.3. The van der Waals surface area contributed by atoms with Gasteiger partial charge in [0.05, 0.1) is 19.0 Å². The molecule has 2 aromatic rings. The van der Waals surface area contributed by atoms with E-state index in [1.807, 2.05) is 42.2 Å². The van der Waals surface area contributed by atoms with Crippen molar-refractivity contribution in [2.45, 2.75) is 69.2 Å². The highest BCUT2D eigenvalue weighted by Crippen LogP contribution is 2.51. The molecular weight excluding hydrogens is 518 g/mol. The average Bonchev–Trinajstić information content (AvgIpc) is 3.32. The van der Waals surface area contributed by atoms with Crippen molar-refractivity contribution in [1.82, 2.24) is 20.9 Å². The molecule has 0 bridgehead atoms. The lowest BCUT2D eigenvalue weighted by molar-refractivity contribution is -0.138. The van der Waals surface area contributed by atoms with Crippen molar-refractivity contribution in [2.75, 3.05) is 32.7 Å². The second-order valence-corrected chi connectivity index (χ2v) is 11.2. The minimum atomic E-state index is -0.682. The first kappa shape index (κ1) is 30.2. The number of hydrogen-bond donors (Lipinski definition) is 4. The molecule has 1 heterocycles. The Kier molecular flexibility index (Phi) is 10.5. The summed E-state index contributed by atoms with van der Waals surface area (Å²) in [5.74, 6) is -1.03. The zero-order chi connectivity index (χ0) is 29.2. The minimum Gasteiger partial charge on any atom is -0.356 e. The van der Waals surface area contributed by atoms with Crippen molar-refractivity contribution >= 4 is 23.6 Å². The molecule has 1 fully saturated rings. The summed E-state index contributed by atoms with van der Waals surface area (Å²) in [4.78, 5) is 52.8. The van der Waals surface area contributed by atoms with Crippen LogP contribution in [0, 0.1) is 0 Å². The average molecular weight is 562 g/mol. The fourth-order valence-corrected chi connectivity index (χ4v) is 6.26. The van der Waals surface area contributed by atoms with Gasteiger partial charge in [0.25, 0.3) is 0 Å². The minimum absolute atomic E-state index is 0.0811. The van der Waals surface area contributed by atoms with Crippen molar-refractivity contribution in [3.8, 4) is 0 Å². The van der Waals surface area contributed by atoms with Gasteiger partial charge in [-0.25, -0.2) is 0 Å². The third kappa shape index (κ3) is 7.52. The molecule has 0 aromatic heterocycles. The van der Waals surface area contributed by atoms with Crippen LogP contribution in [0.25, 0.3) is 0 Å². The normalized spacial score (nSPS) is 17.9. The Morgan fingerprint density at radius 2 is 1.68 bits per heavy atom. The number of benzene rings is 2. The van der Waals surface area contributed by atoms with Crippen molar-refractivity contribution in [3.63, 3.8) is 0 Å². The summed E-state index contributed by atoms with van der Waals surface area (Å²) in [6.07, 6.45) is 5.21. The van der Waals surface area contributed by atoms with E-state index >= 15 is 0 Å². The van der Waals surface area contributed by atoms with Crippen LogP contribution in [0.4, 0.5) is 0 Å². The molecule has 5 N–H and O–H groups in total. The van der Waals surface area contributed by atoms with Gasteiger partial charge in [0.15, 0.2) is 0 Å². The Hall–Kier alpha value is -3.72. The number of fused-ring (bicyclic) bond motifs is 2. The van der Waals surface area contributed by atoms with Crippen molar-refractivity contribution in [1.29, 1.82) is 0 Å². The van der Waals surface area contributed by atoms with E-state index in [4.69, 9.17) is 5.73 Å². The van der Waals surface area contributed by atoms with E-state index in [2.05, 4.69) is 40.2 Å². The fourth-order valence-electron chi connectivity index (χ4n) is 6.26. The highest BCUT2D eigenvalue weighted by molar-refractivity contribution is 5.90. The van der Waals surface area contributed by atoms with Crippen molar-refractivity contribution in [3.05, 3.63) is 71.3 Å². The highest BCUT2D eigenvalue weighted by atomic mass is 16.2. The van der Waals surface area contributed by atoms with Crippen LogP contribution in [0.15, 0.2) is 54.6 Å². The molecule has 41 heavy (non-hydrogen) atoms. The first-order chi connectivity index (χ1) is 19.9. The van der Waals surface area contributed by atoms with E-state index in [0.29, 0.717) is 26.1 Å². The predicted molar refractivity (Wildman–Crippen MR) is 158 cm³/mol. The third-order valence-corrected chi connectivity index (χ3v) is 8.47. The van der Waals surface area contributed by atoms with Gasteiger partial charge in [0.2, 0.25) is 23.6 Å². The largest absolute Gasteiger partial charge is 0.356 e. The molecule has 0 radical (unpaired) electrons. The molecule has 220 valence electrons. The molecule has 4 amide bonds. The van der Waals surface area contributed by atoms with Gasteiger partial charge in [-0.3, -0.25) is 19.2 Å². The van der Waals surface area contributed by atoms with E-state index in [0.717, 1.165) is 44.1 Å². The molecule has 2 aromatic carbocycles. The first-order valence-corrected chi connectivity index (χ1v) is 14.8. The standard InChI is InChI=1S/C32H43N5O4/c1-2-17-34-30(40)25-20-32(26-13-7-6-12-24(25)26)15-18-37(19-16-32)31(41)27(36-29(39)22-35-28(38)21-33)14-8-11-23-9-4-3-5-10-23/h3-7,9-10,12-13,25,27H,2,8,11,14-22,33H2,1H3,(H,34,40)(H,35,38)(H,36,39)/t25?,27-/m1/s1. The van der Waals surface area contributed by atoms with Gasteiger partial charge in [-0.1, -0.05) is 61.5 Å². The van der Waals surface area contributed by atoms with Gasteiger partial charge in [-0.15, -0.1) is 0 Å². The van der Waals surface area contributed by atoms with Crippen LogP contribution in [-0.2, 0) is 31.0 Å². The smallest absolute Gasteiger partial charge is 0.245 e. The summed E-state index contributed by atoms with van der Waals surface area (Å²) in [6.45, 7) is 3.41. The van der Waals surface area contributed by atoms with E-state index in [1.54, 1.807) is 0 Å². The van der Waals surface area contributed by atoms with Gasteiger partial charge in [-0.2, -0.15) is 0 Å². The summed E-state index contributed by atoms with van der Waals surface area (Å²) >= 11 is 0. The van der Waals surface area contributed by atoms with E-state index < -0.39 is 17.9 Å². The molecule has 1 unspecified atom stereocenters. The topological polar surface area (TPSA) is 134 Å². The molecule has 1 aliphatic carbocycles. The van der Waals surface area contributed by atoms with Crippen molar-refractivity contribution in [2.24, 2.45) is 5.73 Å². The number of carbonyl (C=O) groups excluding carboxylic acids is 4. The number of piperidine rings is 1. The van der Waals surface area contributed by atoms with Crippen LogP contribution in [0.1, 0.15) is 68.1 Å². The monoisotopic (exact) mass is 561 g/mol. The van der Waals surface area contributed by atoms with Gasteiger partial charge in [-0.05, 0) is 61.6 Å². The number of nitrogens with one attached hydrogen (secondary N) is 3. The van der Waals surface area contributed by atoms with Crippen LogP contribution >= 0.6 is 0 Å². The molecule has 2 atom stereocenters. The third-order valence-electron chi connectivity index (χ3n) is 8.47. The predicted octanol–water partition coefficient (Wildman–Crippen LogP) is 2.14. The van der Waals surface area contributed by atoms with Crippen LogP contribution in [0.2, 0.25) is 0 Å². The molecular formula is C32H43N5O4. The Labute approximate surface area is 242 Å². The molecule has 1 spiro atoms. The maximum Gasteiger partial charge on any atom is 0.245 e. The van der Waals surface area contributed by atoms with E-state index in [9.17, 15) is 19.2 Å². The number of aryl methyl sites for hydroxylation is 1. The number of amides is 4. The van der Waals surface area contributed by atoms with Crippen LogP contribution in [0.5, 0.6) is 0 Å². The zero-order valence-corrected chi connectivity index (χ0v) is 24.0. The Morgan fingerprint density at radius 3 is 2.39 bits per heavy atom. The molecule has 1 saturated heterocycles. The lowest BCUT2D eigenvalue weighted by Crippen LogP contribution is -2.54. The first-order valence-electron chi connectivity index (χ1n) is 14.8. The molecule has 4 rings (SSSR count). The van der Waals surface area contributed by atoms with E-state index in [-0.39, 0.29) is 36.2 Å². The molecule has 9 heteroatoms. The zero-order valence-electron chi connectivity index (χ0n) is 24.0. The molecule has 1 aliphatic heterocycles. The lowest BCUT2D eigenvalue weighted by atomic mass is 9.73. The molecule has 0 saturated carbocycles. The van der Waals surface area contributed by atoms with Crippen molar-refractivity contribution < 1.29 is 19.2 Å². The van der Waals surface area contributed by atoms with Crippen LogP contribution in [0.3, 0.4) is 0 Å². The summed E-state index contributed by atoms with van der Waals surface area (Å²) in [6, 6.07) is 17.6. The van der Waals surface area contributed by atoms with Gasteiger partial charge in [0.1, 0.15) is 6.04 Å². The number of nitrogens with zero attached hydrogens (tertiary/aromatic N) is 1. The van der Waals surface area contributed by atoms with E-state index in [1.165, 1.54) is 11.1 Å². The maximum atomic E-state index is 13.7. The highest BCUT2D eigenvalue weighted by Gasteiger charge is 2.48. The fraction of sp³-hybridized carbons (Fsp3) is 0.500. The number of rotatable bonds is 12. The summed E-state index contributed by atoms with van der Waals surface area (Å²) in [7, 11) is 0. The van der Waals surface area contributed by atoms with Crippen LogP contribution < -0.4 is 21.7 Å². The Bertz CT molecular complexity index is 1210. The summed E-state index contributed by atoms with van der Waals surface area (Å²) < 4.78 is 0. The number of carbonyl (C=O) groups is 4. The quantitative estimate of drug-likeness (QED) is 0.315. The number of hydrogen-bond acceptors (Lipinski definition) is 5. The van der Waals surface area contributed by atoms with Crippen LogP contribution in [-0.4, -0.2) is 67.3 Å². The summed E-state index contributed by atoms with van der Waals surface area (Å²) in [5.41, 5.74) is 8.70. The number of nitrogens with two attached hydrogens (primary N) is 1. The lowest BCUT2D eigenvalue weighted by Gasteiger charge is -2.41. The second-order valence-electron chi connectivity index (χ2n) is 11.2. The van der Waals surface area contributed by atoms with Gasteiger partial charge < -0.3 is 26.6 Å². The SMILES string of the molecule is CCCNC(=O)C1CC2(CCN(C(=O)[C@@H](CCCc3ccccc3)NC(=O)CNC(=O)CN)CC2)c2ccccc21. The van der Waals surface area contributed by atoms with Gasteiger partial charge >= 0.3 is 0 Å². The maximum absolute atomic E-state index is 13.7. The Balaban J connectivity index is 1.42. The number of likely N-dealkylation sites (tertiary alicyclic amines) is 1. The Morgan fingerprint density at radius 1 is 0.976 bits per heavy atom. The van der Waals surface area contributed by atoms with Gasteiger partial charge in [0, 0.05) is 25.0 Å². The molecule has 9 nitrogen and oxygen atoms in total.